The molecule has 5 nitrogen and oxygen atoms in total. The van der Waals surface area contributed by atoms with Crippen LogP contribution in [0.15, 0.2) is 42.5 Å². The van der Waals surface area contributed by atoms with E-state index in [4.69, 9.17) is 9.47 Å². The van der Waals surface area contributed by atoms with E-state index in [9.17, 15) is 4.39 Å². The Balaban J connectivity index is 1.32. The Morgan fingerprint density at radius 3 is 2.93 bits per heavy atom. The fourth-order valence-electron chi connectivity index (χ4n) is 4.50. The predicted octanol–water partition coefficient (Wildman–Crippen LogP) is 3.96. The van der Waals surface area contributed by atoms with Crippen molar-refractivity contribution in [2.75, 3.05) is 26.2 Å². The molecule has 146 valence electrons. The molecule has 28 heavy (non-hydrogen) atoms. The minimum atomic E-state index is -0.215. The Morgan fingerprint density at radius 1 is 1.18 bits per heavy atom. The van der Waals surface area contributed by atoms with Gasteiger partial charge in [-0.25, -0.2) is 9.37 Å². The van der Waals surface area contributed by atoms with E-state index < -0.39 is 0 Å². The summed E-state index contributed by atoms with van der Waals surface area (Å²) in [4.78, 5) is 7.06. The molecule has 2 aromatic carbocycles. The Morgan fingerprint density at radius 2 is 2.04 bits per heavy atom. The van der Waals surface area contributed by atoms with Gasteiger partial charge in [0, 0.05) is 19.1 Å². The number of hydrogen-bond acceptors (Lipinski definition) is 4. The average Bonchev–Trinajstić information content (AvgIpc) is 3.03. The van der Waals surface area contributed by atoms with Crippen LogP contribution in [0.4, 0.5) is 4.39 Å². The van der Waals surface area contributed by atoms with E-state index in [1.54, 1.807) is 12.1 Å². The highest BCUT2D eigenvalue weighted by atomic mass is 19.1. The highest BCUT2D eigenvalue weighted by Crippen LogP contribution is 2.32. The maximum absolute atomic E-state index is 13.8. The van der Waals surface area contributed by atoms with Gasteiger partial charge in [-0.1, -0.05) is 12.1 Å². The van der Waals surface area contributed by atoms with Crippen LogP contribution in [0.1, 0.15) is 24.7 Å². The number of piperidine rings is 1. The first-order chi connectivity index (χ1) is 13.7. The molecule has 5 rings (SSSR count). The molecule has 0 aliphatic carbocycles. The number of imidazole rings is 1. The third kappa shape index (κ3) is 3.22. The van der Waals surface area contributed by atoms with Crippen molar-refractivity contribution in [2.45, 2.75) is 31.9 Å². The molecule has 3 aromatic rings. The molecule has 1 aromatic heterocycles. The van der Waals surface area contributed by atoms with Crippen molar-refractivity contribution < 1.29 is 13.9 Å². The van der Waals surface area contributed by atoms with Gasteiger partial charge >= 0.3 is 0 Å². The predicted molar refractivity (Wildman–Crippen MR) is 105 cm³/mol. The Labute approximate surface area is 163 Å². The van der Waals surface area contributed by atoms with E-state index >= 15 is 0 Å². The summed E-state index contributed by atoms with van der Waals surface area (Å²) in [5.74, 6) is 2.36. The van der Waals surface area contributed by atoms with E-state index in [2.05, 4.69) is 14.5 Å². The second-order valence-electron chi connectivity index (χ2n) is 7.72. The molecular formula is C22H24FN3O2. The average molecular weight is 381 g/mol. The van der Waals surface area contributed by atoms with Crippen LogP contribution >= 0.6 is 0 Å². The summed E-state index contributed by atoms with van der Waals surface area (Å²) in [7, 11) is 0. The lowest BCUT2D eigenvalue weighted by Crippen LogP contribution is -2.45. The highest BCUT2D eigenvalue weighted by Gasteiger charge is 2.28. The molecule has 2 unspecified atom stereocenters. The van der Waals surface area contributed by atoms with Gasteiger partial charge in [-0.2, -0.15) is 0 Å². The van der Waals surface area contributed by atoms with Gasteiger partial charge in [-0.15, -0.1) is 0 Å². The number of ether oxygens (including phenoxy) is 2. The molecule has 0 spiro atoms. The molecular weight excluding hydrogens is 357 g/mol. The lowest BCUT2D eigenvalue weighted by atomic mass is 10.0. The topological polar surface area (TPSA) is 39.5 Å². The standard InChI is InChI=1S/C22H24FN3O2/c1-15-24-19-9-8-16(23)11-20(19)26(15)17-5-4-10-25(12-17)13-18-14-27-21-6-2-3-7-22(21)28-18/h2-3,6-9,11,17-18H,4-5,10,12-14H2,1H3. The van der Waals surface area contributed by atoms with Gasteiger partial charge in [0.2, 0.25) is 0 Å². The van der Waals surface area contributed by atoms with Crippen LogP contribution in [-0.4, -0.2) is 46.8 Å². The SMILES string of the molecule is Cc1nc2ccc(F)cc2n1C1CCCN(CC2COc3ccccc3O2)C1. The van der Waals surface area contributed by atoms with Crippen LogP contribution in [0.25, 0.3) is 11.0 Å². The smallest absolute Gasteiger partial charge is 0.161 e. The normalized spacial score (nSPS) is 22.5. The van der Waals surface area contributed by atoms with Crippen molar-refractivity contribution in [3.05, 3.63) is 54.1 Å². The number of fused-ring (bicyclic) bond motifs is 2. The van der Waals surface area contributed by atoms with Crippen molar-refractivity contribution in [1.29, 1.82) is 0 Å². The van der Waals surface area contributed by atoms with Crippen LogP contribution in [0.2, 0.25) is 0 Å². The molecule has 0 saturated carbocycles. The molecule has 1 saturated heterocycles. The van der Waals surface area contributed by atoms with Crippen molar-refractivity contribution in [3.8, 4) is 11.5 Å². The maximum Gasteiger partial charge on any atom is 0.161 e. The fraction of sp³-hybridized carbons (Fsp3) is 0.409. The lowest BCUT2D eigenvalue weighted by Gasteiger charge is -2.37. The summed E-state index contributed by atoms with van der Waals surface area (Å²) in [5, 5.41) is 0. The molecule has 0 bridgehead atoms. The number of nitrogens with zero attached hydrogens (tertiary/aromatic N) is 3. The number of hydrogen-bond donors (Lipinski definition) is 0. The van der Waals surface area contributed by atoms with Gasteiger partial charge < -0.3 is 14.0 Å². The van der Waals surface area contributed by atoms with Gasteiger partial charge in [0.25, 0.3) is 0 Å². The summed E-state index contributed by atoms with van der Waals surface area (Å²) in [6, 6.07) is 12.9. The Kier molecular flexibility index (Phi) is 4.43. The highest BCUT2D eigenvalue weighted by molar-refractivity contribution is 5.76. The van der Waals surface area contributed by atoms with Crippen molar-refractivity contribution >= 4 is 11.0 Å². The van der Waals surface area contributed by atoms with Crippen molar-refractivity contribution in [3.63, 3.8) is 0 Å². The van der Waals surface area contributed by atoms with E-state index in [1.807, 2.05) is 31.2 Å². The first-order valence-corrected chi connectivity index (χ1v) is 9.92. The number of likely N-dealkylation sites (tertiary alicyclic amines) is 1. The maximum atomic E-state index is 13.8. The molecule has 2 aliphatic heterocycles. The lowest BCUT2D eigenvalue weighted by molar-refractivity contribution is 0.0462. The fourth-order valence-corrected chi connectivity index (χ4v) is 4.50. The molecule has 2 aliphatic rings. The first kappa shape index (κ1) is 17.5. The third-order valence-electron chi connectivity index (χ3n) is 5.70. The zero-order valence-electron chi connectivity index (χ0n) is 16.0. The first-order valence-electron chi connectivity index (χ1n) is 9.92. The van der Waals surface area contributed by atoms with E-state index in [1.165, 1.54) is 6.07 Å². The third-order valence-corrected chi connectivity index (χ3v) is 5.70. The number of halogens is 1. The summed E-state index contributed by atoms with van der Waals surface area (Å²) >= 11 is 0. The molecule has 1 fully saturated rings. The summed E-state index contributed by atoms with van der Waals surface area (Å²) in [6.45, 7) is 5.34. The number of aryl methyl sites for hydroxylation is 1. The molecule has 0 amide bonds. The van der Waals surface area contributed by atoms with Gasteiger partial charge in [0.05, 0.1) is 11.0 Å². The van der Waals surface area contributed by atoms with E-state index in [0.717, 1.165) is 60.8 Å². The molecule has 2 atom stereocenters. The zero-order chi connectivity index (χ0) is 19.1. The van der Waals surface area contributed by atoms with Crippen LogP contribution in [-0.2, 0) is 0 Å². The van der Waals surface area contributed by atoms with Gasteiger partial charge in [0.1, 0.15) is 24.4 Å². The van der Waals surface area contributed by atoms with Crippen LogP contribution in [0.3, 0.4) is 0 Å². The van der Waals surface area contributed by atoms with Gasteiger partial charge in [-0.3, -0.25) is 4.90 Å². The minimum absolute atomic E-state index is 0.0201. The number of aromatic nitrogens is 2. The van der Waals surface area contributed by atoms with Crippen LogP contribution in [0, 0.1) is 12.7 Å². The van der Waals surface area contributed by atoms with E-state index in [0.29, 0.717) is 6.61 Å². The summed E-state index contributed by atoms with van der Waals surface area (Å²) in [6.07, 6.45) is 2.19. The summed E-state index contributed by atoms with van der Waals surface area (Å²) < 4.78 is 28.0. The quantitative estimate of drug-likeness (QED) is 0.689. The number of rotatable bonds is 3. The molecule has 0 radical (unpaired) electrons. The number of para-hydroxylation sites is 2. The largest absolute Gasteiger partial charge is 0.486 e. The van der Waals surface area contributed by atoms with Gasteiger partial charge in [-0.05, 0) is 56.6 Å². The van der Waals surface area contributed by atoms with Crippen LogP contribution in [0.5, 0.6) is 11.5 Å². The van der Waals surface area contributed by atoms with Crippen LogP contribution < -0.4 is 9.47 Å². The minimum Gasteiger partial charge on any atom is -0.486 e. The zero-order valence-corrected chi connectivity index (χ0v) is 16.0. The van der Waals surface area contributed by atoms with E-state index in [-0.39, 0.29) is 18.0 Å². The number of benzene rings is 2. The van der Waals surface area contributed by atoms with Crippen molar-refractivity contribution in [1.82, 2.24) is 14.5 Å². The summed E-state index contributed by atoms with van der Waals surface area (Å²) in [5.41, 5.74) is 1.74. The molecule has 3 heterocycles. The Hall–Kier alpha value is -2.60. The molecule has 0 N–H and O–H groups in total. The monoisotopic (exact) mass is 381 g/mol. The molecule has 6 heteroatoms. The second kappa shape index (κ2) is 7.09. The van der Waals surface area contributed by atoms with Gasteiger partial charge in [0.15, 0.2) is 11.5 Å². The van der Waals surface area contributed by atoms with Crippen molar-refractivity contribution in [2.24, 2.45) is 0 Å². The Bertz CT molecular complexity index is 1000. The second-order valence-corrected chi connectivity index (χ2v) is 7.72.